The van der Waals surface area contributed by atoms with Gasteiger partial charge in [0.15, 0.2) is 4.75 Å². The molecule has 0 aromatic rings. The second-order valence-corrected chi connectivity index (χ2v) is 4.05. The van der Waals surface area contributed by atoms with Crippen molar-refractivity contribution in [2.45, 2.75) is 24.0 Å². The molecule has 0 aromatic heterocycles. The van der Waals surface area contributed by atoms with Crippen LogP contribution in [0.5, 0.6) is 0 Å². The second-order valence-electron chi connectivity index (χ2n) is 2.40. The lowest BCUT2D eigenvalue weighted by atomic mass is 9.86. The summed E-state index contributed by atoms with van der Waals surface area (Å²) in [5.41, 5.74) is 0. The first-order valence-corrected chi connectivity index (χ1v) is 4.26. The van der Waals surface area contributed by atoms with Gasteiger partial charge in [0.2, 0.25) is 0 Å². The van der Waals surface area contributed by atoms with Crippen molar-refractivity contribution in [2.24, 2.45) is 0 Å². The number of hydrogen-bond acceptors (Lipinski definition) is 3. The molecule has 0 atom stereocenters. The third-order valence-corrected chi connectivity index (χ3v) is 3.26. The molecule has 0 radical (unpaired) electrons. The van der Waals surface area contributed by atoms with Crippen molar-refractivity contribution in [3.05, 3.63) is 0 Å². The highest BCUT2D eigenvalue weighted by molar-refractivity contribution is 7.88. The lowest BCUT2D eigenvalue weighted by Gasteiger charge is -2.29. The van der Waals surface area contributed by atoms with E-state index in [4.69, 9.17) is 5.26 Å². The molecule has 0 bridgehead atoms. The minimum atomic E-state index is -4.64. The highest BCUT2D eigenvalue weighted by Gasteiger charge is 2.50. The van der Waals surface area contributed by atoms with Gasteiger partial charge in [-0.25, -0.2) is 0 Å². The molecule has 0 spiro atoms. The van der Waals surface area contributed by atoms with E-state index in [0.29, 0.717) is 6.42 Å². The van der Waals surface area contributed by atoms with Gasteiger partial charge < -0.3 is 0 Å². The zero-order valence-corrected chi connectivity index (χ0v) is 5.99. The Morgan fingerprint density at radius 1 is 1.50 bits per heavy atom. The largest absolute Gasteiger partial charge is 0.321 e. The topological polar surface area (TPSA) is 57.9 Å². The summed E-state index contributed by atoms with van der Waals surface area (Å²) >= 11 is 0. The van der Waals surface area contributed by atoms with Gasteiger partial charge in [0.05, 0.1) is 6.07 Å². The highest BCUT2D eigenvalue weighted by atomic mass is 32.3. The molecule has 1 aliphatic rings. The third-order valence-electron chi connectivity index (χ3n) is 1.83. The van der Waals surface area contributed by atoms with Crippen molar-refractivity contribution < 1.29 is 12.3 Å². The summed E-state index contributed by atoms with van der Waals surface area (Å²) in [4.78, 5) is 0. The Morgan fingerprint density at radius 2 is 2.00 bits per heavy atom. The molecule has 1 saturated carbocycles. The van der Waals surface area contributed by atoms with E-state index < -0.39 is 15.0 Å². The van der Waals surface area contributed by atoms with Crippen molar-refractivity contribution in [3.63, 3.8) is 0 Å². The van der Waals surface area contributed by atoms with E-state index in [-0.39, 0.29) is 12.8 Å². The molecule has 3 nitrogen and oxygen atoms in total. The van der Waals surface area contributed by atoms with E-state index >= 15 is 0 Å². The Morgan fingerprint density at radius 3 is 2.00 bits per heavy atom. The molecule has 10 heavy (non-hydrogen) atoms. The van der Waals surface area contributed by atoms with Crippen LogP contribution in [0, 0.1) is 11.3 Å². The Bertz CT molecular complexity index is 273. The minimum Gasteiger partial charge on any atom is -0.196 e. The quantitative estimate of drug-likeness (QED) is 0.535. The maximum atomic E-state index is 12.2. The van der Waals surface area contributed by atoms with Gasteiger partial charge in [0, 0.05) is 0 Å². The van der Waals surface area contributed by atoms with Crippen LogP contribution in [0.1, 0.15) is 19.3 Å². The summed E-state index contributed by atoms with van der Waals surface area (Å²) in [6, 6.07) is 1.49. The molecule has 0 aromatic carbocycles. The van der Waals surface area contributed by atoms with E-state index in [1.165, 1.54) is 6.07 Å². The minimum absolute atomic E-state index is 0.141. The first kappa shape index (κ1) is 7.48. The molecule has 0 aliphatic heterocycles. The molecule has 56 valence electrons. The zero-order chi connectivity index (χ0) is 7.83. The van der Waals surface area contributed by atoms with Crippen LogP contribution >= 0.6 is 0 Å². The van der Waals surface area contributed by atoms with Crippen LogP contribution in [-0.2, 0) is 10.2 Å². The standard InChI is InChI=1S/C5H6FNO2S/c6-10(8,9)5(4-7)2-1-3-5/h1-3H2. The predicted octanol–water partition coefficient (Wildman–Crippen LogP) is 0.732. The Labute approximate surface area is 58.7 Å². The van der Waals surface area contributed by atoms with Crippen LogP contribution in [0.4, 0.5) is 3.89 Å². The first-order chi connectivity index (χ1) is 4.52. The van der Waals surface area contributed by atoms with E-state index in [1.54, 1.807) is 0 Å². The van der Waals surface area contributed by atoms with Gasteiger partial charge in [-0.3, -0.25) is 0 Å². The fourth-order valence-electron chi connectivity index (χ4n) is 0.908. The molecule has 0 N–H and O–H groups in total. The van der Waals surface area contributed by atoms with E-state index in [9.17, 15) is 12.3 Å². The summed E-state index contributed by atoms with van der Waals surface area (Å²) in [6.07, 6.45) is 0.904. The summed E-state index contributed by atoms with van der Waals surface area (Å²) in [5.74, 6) is 0. The van der Waals surface area contributed by atoms with Crippen molar-refractivity contribution in [1.82, 2.24) is 0 Å². The maximum Gasteiger partial charge on any atom is 0.321 e. The molecule has 5 heteroatoms. The van der Waals surface area contributed by atoms with Crippen molar-refractivity contribution >= 4 is 10.2 Å². The average molecular weight is 163 g/mol. The number of halogens is 1. The van der Waals surface area contributed by atoms with Crippen LogP contribution in [-0.4, -0.2) is 13.2 Å². The SMILES string of the molecule is N#CC1(S(=O)(=O)F)CCC1. The van der Waals surface area contributed by atoms with Crippen LogP contribution in [0.25, 0.3) is 0 Å². The van der Waals surface area contributed by atoms with E-state index in [1.807, 2.05) is 0 Å². The summed E-state index contributed by atoms with van der Waals surface area (Å²) < 4.78 is 31.1. The van der Waals surface area contributed by atoms with Gasteiger partial charge in [-0.1, -0.05) is 0 Å². The number of hydrogen-bond donors (Lipinski definition) is 0. The number of nitrogens with zero attached hydrogens (tertiary/aromatic N) is 1. The van der Waals surface area contributed by atoms with Gasteiger partial charge in [-0.05, 0) is 19.3 Å². The molecular formula is C5H6FNO2S. The van der Waals surface area contributed by atoms with Crippen LogP contribution in [0.3, 0.4) is 0 Å². The molecule has 1 aliphatic carbocycles. The van der Waals surface area contributed by atoms with E-state index in [0.717, 1.165) is 0 Å². The van der Waals surface area contributed by atoms with Gasteiger partial charge in [-0.15, -0.1) is 3.89 Å². The lowest BCUT2D eigenvalue weighted by Crippen LogP contribution is -2.41. The number of nitriles is 1. The summed E-state index contributed by atoms with van der Waals surface area (Å²) in [7, 11) is -4.64. The summed E-state index contributed by atoms with van der Waals surface area (Å²) in [6.45, 7) is 0. The average Bonchev–Trinajstić information content (AvgIpc) is 1.58. The Hall–Kier alpha value is -0.630. The number of rotatable bonds is 1. The van der Waals surface area contributed by atoms with Crippen LogP contribution in [0.2, 0.25) is 0 Å². The molecule has 0 unspecified atom stereocenters. The zero-order valence-electron chi connectivity index (χ0n) is 5.17. The van der Waals surface area contributed by atoms with Crippen molar-refractivity contribution in [2.75, 3.05) is 0 Å². The summed E-state index contributed by atoms with van der Waals surface area (Å²) in [5, 5.41) is 8.30. The highest BCUT2D eigenvalue weighted by Crippen LogP contribution is 2.39. The van der Waals surface area contributed by atoms with Crippen LogP contribution in [0.15, 0.2) is 0 Å². The van der Waals surface area contributed by atoms with Gasteiger partial charge in [0.25, 0.3) is 0 Å². The normalized spacial score (nSPS) is 22.8. The Balaban J connectivity index is 3.00. The molecule has 0 heterocycles. The fraction of sp³-hybridized carbons (Fsp3) is 0.800. The second kappa shape index (κ2) is 1.92. The molecule has 1 rings (SSSR count). The smallest absolute Gasteiger partial charge is 0.196 e. The van der Waals surface area contributed by atoms with Gasteiger partial charge >= 0.3 is 10.2 Å². The molecule has 0 saturated heterocycles. The van der Waals surface area contributed by atoms with Crippen molar-refractivity contribution in [1.29, 1.82) is 5.26 Å². The monoisotopic (exact) mass is 163 g/mol. The van der Waals surface area contributed by atoms with Gasteiger partial charge in [0.1, 0.15) is 0 Å². The maximum absolute atomic E-state index is 12.2. The first-order valence-electron chi connectivity index (χ1n) is 2.87. The predicted molar refractivity (Wildman–Crippen MR) is 32.2 cm³/mol. The lowest BCUT2D eigenvalue weighted by molar-refractivity contribution is 0.388. The molecular weight excluding hydrogens is 157 g/mol. The molecule has 1 fully saturated rings. The van der Waals surface area contributed by atoms with Gasteiger partial charge in [-0.2, -0.15) is 13.7 Å². The van der Waals surface area contributed by atoms with E-state index in [2.05, 4.69) is 0 Å². The third kappa shape index (κ3) is 0.797. The molecule has 0 amide bonds. The Kier molecular flexibility index (Phi) is 1.44. The fourth-order valence-corrected chi connectivity index (χ4v) is 1.79. The van der Waals surface area contributed by atoms with Crippen LogP contribution < -0.4 is 0 Å². The van der Waals surface area contributed by atoms with Crippen molar-refractivity contribution in [3.8, 4) is 6.07 Å².